The van der Waals surface area contributed by atoms with Gasteiger partial charge in [-0.3, -0.25) is 0 Å². The van der Waals surface area contributed by atoms with Gasteiger partial charge < -0.3 is 5.32 Å². The molecule has 1 aliphatic carbocycles. The molecule has 78 valence electrons. The molecule has 1 fully saturated rings. The molecule has 1 unspecified atom stereocenters. The molecule has 1 aliphatic rings. The van der Waals surface area contributed by atoms with Crippen LogP contribution in [-0.4, -0.2) is 12.6 Å². The van der Waals surface area contributed by atoms with Gasteiger partial charge >= 0.3 is 0 Å². The third-order valence-corrected chi connectivity index (χ3v) is 3.09. The first-order chi connectivity index (χ1) is 6.22. The van der Waals surface area contributed by atoms with Crippen molar-refractivity contribution < 1.29 is 0 Å². The van der Waals surface area contributed by atoms with Crippen LogP contribution >= 0.6 is 0 Å². The molecule has 0 amide bonds. The zero-order valence-electron chi connectivity index (χ0n) is 9.47. The summed E-state index contributed by atoms with van der Waals surface area (Å²) in [4.78, 5) is 0. The molecule has 0 spiro atoms. The van der Waals surface area contributed by atoms with Gasteiger partial charge in [0.05, 0.1) is 0 Å². The Labute approximate surface area is 83.3 Å². The maximum Gasteiger partial charge on any atom is 0.00720 e. The predicted octanol–water partition coefficient (Wildman–Crippen LogP) is 3.20. The topological polar surface area (TPSA) is 12.0 Å². The Morgan fingerprint density at radius 1 is 1.31 bits per heavy atom. The molecule has 0 aromatic heterocycles. The van der Waals surface area contributed by atoms with Gasteiger partial charge in [-0.1, -0.05) is 40.0 Å². The standard InChI is InChI=1S/C12H25N/c1-4-13-12(8-10(2)3)9-11-6-5-7-11/h10-13H,4-9H2,1-3H3. The van der Waals surface area contributed by atoms with Gasteiger partial charge in [-0.05, 0) is 31.2 Å². The minimum Gasteiger partial charge on any atom is -0.314 e. The first-order valence-corrected chi connectivity index (χ1v) is 5.95. The van der Waals surface area contributed by atoms with Gasteiger partial charge in [-0.2, -0.15) is 0 Å². The Bertz CT molecular complexity index is 127. The summed E-state index contributed by atoms with van der Waals surface area (Å²) < 4.78 is 0. The summed E-state index contributed by atoms with van der Waals surface area (Å²) in [7, 11) is 0. The van der Waals surface area contributed by atoms with E-state index in [1.165, 1.54) is 32.1 Å². The average Bonchev–Trinajstić information content (AvgIpc) is 1.96. The minimum absolute atomic E-state index is 0.787. The summed E-state index contributed by atoms with van der Waals surface area (Å²) in [5.41, 5.74) is 0. The molecular weight excluding hydrogens is 158 g/mol. The number of rotatable bonds is 6. The predicted molar refractivity (Wildman–Crippen MR) is 58.9 cm³/mol. The van der Waals surface area contributed by atoms with E-state index in [1.54, 1.807) is 0 Å². The van der Waals surface area contributed by atoms with E-state index in [0.717, 1.165) is 24.4 Å². The lowest BCUT2D eigenvalue weighted by molar-refractivity contribution is 0.246. The zero-order valence-corrected chi connectivity index (χ0v) is 9.47. The fourth-order valence-corrected chi connectivity index (χ4v) is 2.25. The van der Waals surface area contributed by atoms with Gasteiger partial charge in [0.25, 0.3) is 0 Å². The molecule has 1 nitrogen and oxygen atoms in total. The Balaban J connectivity index is 2.19. The van der Waals surface area contributed by atoms with Crippen molar-refractivity contribution in [2.24, 2.45) is 11.8 Å². The van der Waals surface area contributed by atoms with E-state index in [2.05, 4.69) is 26.1 Å². The fraction of sp³-hybridized carbons (Fsp3) is 1.00. The highest BCUT2D eigenvalue weighted by Crippen LogP contribution is 2.31. The molecular formula is C12H25N. The molecule has 13 heavy (non-hydrogen) atoms. The second-order valence-corrected chi connectivity index (χ2v) is 4.92. The fourth-order valence-electron chi connectivity index (χ4n) is 2.25. The van der Waals surface area contributed by atoms with Gasteiger partial charge in [-0.25, -0.2) is 0 Å². The average molecular weight is 183 g/mol. The van der Waals surface area contributed by atoms with Crippen LogP contribution in [0.4, 0.5) is 0 Å². The van der Waals surface area contributed by atoms with Crippen molar-refractivity contribution in [3.8, 4) is 0 Å². The lowest BCUT2D eigenvalue weighted by atomic mass is 9.79. The van der Waals surface area contributed by atoms with E-state index in [9.17, 15) is 0 Å². The van der Waals surface area contributed by atoms with Crippen molar-refractivity contribution >= 4 is 0 Å². The molecule has 1 heteroatoms. The van der Waals surface area contributed by atoms with Crippen molar-refractivity contribution in [2.75, 3.05) is 6.54 Å². The highest BCUT2D eigenvalue weighted by molar-refractivity contribution is 4.77. The molecule has 0 bridgehead atoms. The van der Waals surface area contributed by atoms with E-state index >= 15 is 0 Å². The van der Waals surface area contributed by atoms with Crippen LogP contribution in [-0.2, 0) is 0 Å². The third kappa shape index (κ3) is 4.12. The van der Waals surface area contributed by atoms with E-state index in [4.69, 9.17) is 0 Å². The molecule has 0 saturated heterocycles. The van der Waals surface area contributed by atoms with Gasteiger partial charge in [0.2, 0.25) is 0 Å². The first kappa shape index (κ1) is 11.0. The smallest absolute Gasteiger partial charge is 0.00720 e. The number of hydrogen-bond donors (Lipinski definition) is 1. The number of hydrogen-bond acceptors (Lipinski definition) is 1. The normalized spacial score (nSPS) is 20.3. The van der Waals surface area contributed by atoms with Crippen molar-refractivity contribution in [3.05, 3.63) is 0 Å². The lowest BCUT2D eigenvalue weighted by Gasteiger charge is -2.30. The van der Waals surface area contributed by atoms with Crippen molar-refractivity contribution in [3.63, 3.8) is 0 Å². The quantitative estimate of drug-likeness (QED) is 0.667. The Morgan fingerprint density at radius 3 is 2.38 bits per heavy atom. The van der Waals surface area contributed by atoms with E-state index in [1.807, 2.05) is 0 Å². The molecule has 0 aromatic carbocycles. The summed E-state index contributed by atoms with van der Waals surface area (Å²) in [6, 6.07) is 0.787. The second-order valence-electron chi connectivity index (χ2n) is 4.92. The summed E-state index contributed by atoms with van der Waals surface area (Å²) in [6.07, 6.45) is 7.22. The highest BCUT2D eigenvalue weighted by atomic mass is 14.9. The summed E-state index contributed by atoms with van der Waals surface area (Å²) >= 11 is 0. The highest BCUT2D eigenvalue weighted by Gasteiger charge is 2.21. The third-order valence-electron chi connectivity index (χ3n) is 3.09. The molecule has 0 radical (unpaired) electrons. The maximum atomic E-state index is 3.61. The Morgan fingerprint density at radius 2 is 2.00 bits per heavy atom. The van der Waals surface area contributed by atoms with Crippen LogP contribution in [0.3, 0.4) is 0 Å². The van der Waals surface area contributed by atoms with Crippen molar-refractivity contribution in [1.29, 1.82) is 0 Å². The Hall–Kier alpha value is -0.0400. The minimum atomic E-state index is 0.787. The van der Waals surface area contributed by atoms with Crippen LogP contribution in [0.15, 0.2) is 0 Å². The molecule has 0 aliphatic heterocycles. The van der Waals surface area contributed by atoms with Crippen LogP contribution in [0, 0.1) is 11.8 Å². The molecule has 0 aromatic rings. The number of nitrogens with one attached hydrogen (secondary N) is 1. The maximum absolute atomic E-state index is 3.61. The van der Waals surface area contributed by atoms with E-state index in [0.29, 0.717) is 0 Å². The molecule has 1 N–H and O–H groups in total. The van der Waals surface area contributed by atoms with Crippen LogP contribution < -0.4 is 5.32 Å². The van der Waals surface area contributed by atoms with Crippen molar-refractivity contribution in [2.45, 2.75) is 58.9 Å². The molecule has 1 saturated carbocycles. The van der Waals surface area contributed by atoms with Gasteiger partial charge in [0.1, 0.15) is 0 Å². The van der Waals surface area contributed by atoms with Gasteiger partial charge in [0.15, 0.2) is 0 Å². The SMILES string of the molecule is CCNC(CC(C)C)CC1CCC1. The van der Waals surface area contributed by atoms with Crippen molar-refractivity contribution in [1.82, 2.24) is 5.32 Å². The summed E-state index contributed by atoms with van der Waals surface area (Å²) in [5, 5.41) is 3.61. The first-order valence-electron chi connectivity index (χ1n) is 5.95. The largest absolute Gasteiger partial charge is 0.314 e. The van der Waals surface area contributed by atoms with Crippen LogP contribution in [0.2, 0.25) is 0 Å². The monoisotopic (exact) mass is 183 g/mol. The lowest BCUT2D eigenvalue weighted by Crippen LogP contribution is -2.33. The molecule has 0 heterocycles. The van der Waals surface area contributed by atoms with Crippen LogP contribution in [0.25, 0.3) is 0 Å². The molecule has 1 rings (SSSR count). The van der Waals surface area contributed by atoms with Crippen LogP contribution in [0.5, 0.6) is 0 Å². The summed E-state index contributed by atoms with van der Waals surface area (Å²) in [6.45, 7) is 7.99. The summed E-state index contributed by atoms with van der Waals surface area (Å²) in [5.74, 6) is 1.88. The second kappa shape index (κ2) is 5.64. The van der Waals surface area contributed by atoms with E-state index in [-0.39, 0.29) is 0 Å². The Kier molecular flexibility index (Phi) is 4.79. The van der Waals surface area contributed by atoms with Gasteiger partial charge in [-0.15, -0.1) is 0 Å². The van der Waals surface area contributed by atoms with E-state index < -0.39 is 0 Å². The zero-order chi connectivity index (χ0) is 9.68. The molecule has 1 atom stereocenters. The van der Waals surface area contributed by atoms with Crippen LogP contribution in [0.1, 0.15) is 52.9 Å². The van der Waals surface area contributed by atoms with Gasteiger partial charge in [0, 0.05) is 6.04 Å².